The first-order valence-electron chi connectivity index (χ1n) is 6.88. The number of thioether (sulfide) groups is 2. The first-order valence-corrected chi connectivity index (χ1v) is 8.85. The molecule has 1 saturated heterocycles. The number of aldehydes is 1. The molecule has 2 nitrogen and oxygen atoms in total. The highest BCUT2D eigenvalue weighted by atomic mass is 32.2. The van der Waals surface area contributed by atoms with Gasteiger partial charge in [-0.3, -0.25) is 4.79 Å². The van der Waals surface area contributed by atoms with Crippen molar-refractivity contribution in [2.75, 3.05) is 11.5 Å². The molecule has 0 saturated carbocycles. The third kappa shape index (κ3) is 6.17. The second-order valence-electron chi connectivity index (χ2n) is 5.44. The summed E-state index contributed by atoms with van der Waals surface area (Å²) >= 11 is 3.94. The van der Waals surface area contributed by atoms with Crippen molar-refractivity contribution >= 4 is 35.6 Å². The van der Waals surface area contributed by atoms with Gasteiger partial charge in [-0.1, -0.05) is 18.6 Å². The number of hydrogen-bond acceptors (Lipinski definition) is 4. The fraction of sp³-hybridized carbons (Fsp3) is 0.733. The van der Waals surface area contributed by atoms with Crippen LogP contribution < -0.4 is 0 Å². The highest BCUT2D eigenvalue weighted by Crippen LogP contribution is 2.47. The molecule has 108 valence electrons. The average molecular weight is 300 g/mol. The Kier molecular flexibility index (Phi) is 7.22. The monoisotopic (exact) mass is 300 g/mol. The minimum atomic E-state index is -0.140. The van der Waals surface area contributed by atoms with E-state index in [1.165, 1.54) is 23.5 Å². The van der Waals surface area contributed by atoms with E-state index in [4.69, 9.17) is 0 Å². The molecule has 0 bridgehead atoms. The highest BCUT2D eigenvalue weighted by Gasteiger charge is 2.31. The second kappa shape index (κ2) is 8.15. The van der Waals surface area contributed by atoms with Crippen LogP contribution in [0.3, 0.4) is 0 Å². The zero-order valence-electron chi connectivity index (χ0n) is 12.1. The van der Waals surface area contributed by atoms with Crippen molar-refractivity contribution in [3.63, 3.8) is 0 Å². The van der Waals surface area contributed by atoms with E-state index in [0.29, 0.717) is 12.8 Å². The summed E-state index contributed by atoms with van der Waals surface area (Å²) in [6.07, 6.45) is 6.30. The number of carbonyl (C=O) groups excluding carboxylic acids is 2. The number of Topliss-reactive ketones (excluding diaryl/α,β-unsaturated/α-hetero) is 1. The fourth-order valence-corrected chi connectivity index (χ4v) is 5.57. The van der Waals surface area contributed by atoms with Gasteiger partial charge in [0, 0.05) is 18.8 Å². The van der Waals surface area contributed by atoms with Crippen LogP contribution in [0.15, 0.2) is 11.6 Å². The van der Waals surface area contributed by atoms with Gasteiger partial charge in [-0.25, -0.2) is 0 Å². The van der Waals surface area contributed by atoms with Crippen LogP contribution in [0.1, 0.15) is 46.5 Å². The van der Waals surface area contributed by atoms with E-state index in [1.807, 2.05) is 23.5 Å². The quantitative estimate of drug-likeness (QED) is 0.524. The lowest BCUT2D eigenvalue weighted by atomic mass is 10.0. The molecular formula is C15H24O2S2. The maximum Gasteiger partial charge on any atom is 0.133 e. The van der Waals surface area contributed by atoms with Crippen molar-refractivity contribution in [1.82, 2.24) is 0 Å². The fourth-order valence-electron chi connectivity index (χ4n) is 2.15. The lowest BCUT2D eigenvalue weighted by Crippen LogP contribution is -2.24. The van der Waals surface area contributed by atoms with Gasteiger partial charge in [0.25, 0.3) is 0 Å². The predicted molar refractivity (Wildman–Crippen MR) is 85.8 cm³/mol. The van der Waals surface area contributed by atoms with Gasteiger partial charge in [-0.15, -0.1) is 23.5 Å². The summed E-state index contributed by atoms with van der Waals surface area (Å²) in [5, 5.41) is 0. The van der Waals surface area contributed by atoms with Crippen molar-refractivity contribution < 1.29 is 9.59 Å². The largest absolute Gasteiger partial charge is 0.303 e. The normalized spacial score (nSPS) is 19.5. The maximum absolute atomic E-state index is 11.9. The number of allylic oxidation sites excluding steroid dienone is 1. The number of carbonyl (C=O) groups is 2. The standard InChI is InChI=1S/C15H24O2S2/c1-12(2)10-15(18-7-4-8-19-15)6-5-14(17)9-13(3)11-16/h10-11,13H,4-9H2,1-3H3/t13-/m0/s1. The molecule has 0 radical (unpaired) electrons. The lowest BCUT2D eigenvalue weighted by molar-refractivity contribution is -0.122. The Morgan fingerprint density at radius 3 is 2.47 bits per heavy atom. The Labute approximate surface area is 125 Å². The third-order valence-corrected chi connectivity index (χ3v) is 6.34. The number of hydrogen-bond donors (Lipinski definition) is 0. The molecule has 0 unspecified atom stereocenters. The summed E-state index contributed by atoms with van der Waals surface area (Å²) in [6.45, 7) is 6.04. The van der Waals surface area contributed by atoms with Crippen molar-refractivity contribution in [2.24, 2.45) is 5.92 Å². The van der Waals surface area contributed by atoms with E-state index < -0.39 is 0 Å². The van der Waals surface area contributed by atoms with Crippen molar-refractivity contribution in [3.8, 4) is 0 Å². The van der Waals surface area contributed by atoms with Gasteiger partial charge < -0.3 is 4.79 Å². The molecule has 0 N–H and O–H groups in total. The maximum atomic E-state index is 11.9. The molecule has 4 heteroatoms. The predicted octanol–water partition coefficient (Wildman–Crippen LogP) is 4.09. The molecule has 0 aliphatic carbocycles. The van der Waals surface area contributed by atoms with E-state index in [-0.39, 0.29) is 15.8 Å². The van der Waals surface area contributed by atoms with E-state index in [0.717, 1.165) is 12.7 Å². The van der Waals surface area contributed by atoms with Crippen LogP contribution in [-0.2, 0) is 9.59 Å². The molecule has 0 aromatic rings. The second-order valence-corrected chi connectivity index (χ2v) is 8.55. The Hall–Kier alpha value is -0.220. The van der Waals surface area contributed by atoms with Gasteiger partial charge in [0.2, 0.25) is 0 Å². The van der Waals surface area contributed by atoms with Gasteiger partial charge in [0.05, 0.1) is 4.08 Å². The van der Waals surface area contributed by atoms with Crippen molar-refractivity contribution in [2.45, 2.75) is 50.5 Å². The highest BCUT2D eigenvalue weighted by molar-refractivity contribution is 8.19. The van der Waals surface area contributed by atoms with Gasteiger partial charge >= 0.3 is 0 Å². The van der Waals surface area contributed by atoms with Gasteiger partial charge in [-0.05, 0) is 38.2 Å². The molecule has 0 aromatic carbocycles. The van der Waals surface area contributed by atoms with Gasteiger partial charge in [-0.2, -0.15) is 0 Å². The topological polar surface area (TPSA) is 34.1 Å². The summed E-state index contributed by atoms with van der Waals surface area (Å²) in [6, 6.07) is 0. The van der Waals surface area contributed by atoms with Crippen LogP contribution in [0.5, 0.6) is 0 Å². The van der Waals surface area contributed by atoms with E-state index in [2.05, 4.69) is 19.9 Å². The summed E-state index contributed by atoms with van der Waals surface area (Å²) in [5.74, 6) is 2.43. The zero-order chi connectivity index (χ0) is 14.3. The molecule has 0 amide bonds. The molecule has 0 spiro atoms. The van der Waals surface area contributed by atoms with Gasteiger partial charge in [0.15, 0.2) is 0 Å². The van der Waals surface area contributed by atoms with E-state index in [1.54, 1.807) is 6.92 Å². The zero-order valence-corrected chi connectivity index (χ0v) is 13.7. The Morgan fingerprint density at radius 2 is 1.95 bits per heavy atom. The molecule has 1 rings (SSSR count). The minimum Gasteiger partial charge on any atom is -0.303 e. The van der Waals surface area contributed by atoms with Gasteiger partial charge in [0.1, 0.15) is 12.1 Å². The molecule has 1 atom stereocenters. The van der Waals surface area contributed by atoms with Crippen LogP contribution in [0.25, 0.3) is 0 Å². The molecule has 1 fully saturated rings. The summed E-state index contributed by atoms with van der Waals surface area (Å²) in [4.78, 5) is 22.5. The van der Waals surface area contributed by atoms with E-state index >= 15 is 0 Å². The van der Waals surface area contributed by atoms with Crippen LogP contribution in [0.4, 0.5) is 0 Å². The number of rotatable bonds is 7. The van der Waals surface area contributed by atoms with Crippen LogP contribution >= 0.6 is 23.5 Å². The molecule has 19 heavy (non-hydrogen) atoms. The minimum absolute atomic E-state index is 0.0805. The average Bonchev–Trinajstić information content (AvgIpc) is 2.36. The lowest BCUT2D eigenvalue weighted by Gasteiger charge is -2.34. The molecule has 1 aliphatic heterocycles. The van der Waals surface area contributed by atoms with Crippen LogP contribution in [0, 0.1) is 5.92 Å². The van der Waals surface area contributed by atoms with E-state index in [9.17, 15) is 9.59 Å². The van der Waals surface area contributed by atoms with Crippen molar-refractivity contribution in [3.05, 3.63) is 11.6 Å². The van der Waals surface area contributed by atoms with Crippen LogP contribution in [0.2, 0.25) is 0 Å². The first kappa shape index (κ1) is 16.8. The molecule has 1 heterocycles. The summed E-state index contributed by atoms with van der Waals surface area (Å²) in [7, 11) is 0. The summed E-state index contributed by atoms with van der Waals surface area (Å²) in [5.41, 5.74) is 1.32. The smallest absolute Gasteiger partial charge is 0.133 e. The molecule has 0 aromatic heterocycles. The summed E-state index contributed by atoms with van der Waals surface area (Å²) < 4.78 is 0.0805. The Morgan fingerprint density at radius 1 is 1.32 bits per heavy atom. The number of ketones is 1. The van der Waals surface area contributed by atoms with Crippen molar-refractivity contribution in [1.29, 1.82) is 0 Å². The molecule has 1 aliphatic rings. The molecular weight excluding hydrogens is 276 g/mol. The Balaban J connectivity index is 2.56. The first-order chi connectivity index (χ1) is 8.97. The SMILES string of the molecule is CC(C)=CC1(CCC(=O)C[C@H](C)C=O)SCCCS1. The van der Waals surface area contributed by atoms with Crippen LogP contribution in [-0.4, -0.2) is 27.7 Å². The Bertz CT molecular complexity index is 340. The third-order valence-electron chi connectivity index (χ3n) is 3.02.